The van der Waals surface area contributed by atoms with Crippen molar-refractivity contribution in [1.82, 2.24) is 5.73 Å². The van der Waals surface area contributed by atoms with Crippen molar-refractivity contribution in [2.45, 2.75) is 19.5 Å². The molecule has 0 saturated carbocycles. The van der Waals surface area contributed by atoms with Crippen LogP contribution in [0.4, 0.5) is 0 Å². The molecule has 0 aliphatic heterocycles. The van der Waals surface area contributed by atoms with E-state index in [1.54, 1.807) is 0 Å². The van der Waals surface area contributed by atoms with Gasteiger partial charge in [0, 0.05) is 0 Å². The van der Waals surface area contributed by atoms with E-state index in [0.29, 0.717) is 0 Å². The van der Waals surface area contributed by atoms with Crippen LogP contribution in [0.25, 0.3) is 0 Å². The van der Waals surface area contributed by atoms with Crippen LogP contribution in [0.2, 0.25) is 0 Å². The predicted molar refractivity (Wildman–Crippen MR) is 31.5 cm³/mol. The summed E-state index contributed by atoms with van der Waals surface area (Å²) in [7, 11) is 0. The smallest absolute Gasteiger partial charge is 0.342 e. The Hall–Kier alpha value is -0.610. The normalized spacial score (nSPS) is 12.1. The zero-order valence-corrected chi connectivity index (χ0v) is 5.46. The van der Waals surface area contributed by atoms with Crippen molar-refractivity contribution in [2.75, 3.05) is 0 Å². The first-order chi connectivity index (χ1) is 3.89. The molecule has 0 saturated heterocycles. The van der Waals surface area contributed by atoms with Crippen molar-refractivity contribution in [3.8, 4) is 0 Å². The van der Waals surface area contributed by atoms with Crippen LogP contribution in [0.1, 0.15) is 13.8 Å². The van der Waals surface area contributed by atoms with Crippen molar-refractivity contribution in [1.29, 1.82) is 0 Å². The first kappa shape index (κ1) is 8.39. The Morgan fingerprint density at radius 2 is 2.11 bits per heavy atom. The second kappa shape index (κ2) is 2.33. The summed E-state index contributed by atoms with van der Waals surface area (Å²) in [5.41, 5.74) is 11.7. The second-order valence-corrected chi connectivity index (χ2v) is 2.29. The minimum Gasteiger partial charge on any atom is -0.479 e. The van der Waals surface area contributed by atoms with Gasteiger partial charge in [0.05, 0.1) is 0 Å². The fourth-order valence-corrected chi connectivity index (χ4v) is 0.247. The van der Waals surface area contributed by atoms with Gasteiger partial charge < -0.3 is 10.8 Å². The highest BCUT2D eigenvalue weighted by molar-refractivity contribution is 5.77. The molecule has 0 spiro atoms. The SMILES string of the molecule is CC(C)[C@@]([N])(N)C(=O)O. The molecule has 3 N–H and O–H groups in total. The summed E-state index contributed by atoms with van der Waals surface area (Å²) in [6, 6.07) is 0. The third kappa shape index (κ3) is 1.65. The molecule has 0 aliphatic carbocycles. The molecule has 0 aromatic rings. The van der Waals surface area contributed by atoms with E-state index in [4.69, 9.17) is 16.6 Å². The number of nitrogens with zero attached hydrogens (tertiary/aromatic N) is 1. The summed E-state index contributed by atoms with van der Waals surface area (Å²) in [6.07, 6.45) is 0. The van der Waals surface area contributed by atoms with Gasteiger partial charge in [-0.1, -0.05) is 13.8 Å². The molecule has 9 heavy (non-hydrogen) atoms. The maximum absolute atomic E-state index is 10.1. The minimum atomic E-state index is -2.08. The molecule has 0 rings (SSSR count). The first-order valence-electron chi connectivity index (χ1n) is 2.63. The summed E-state index contributed by atoms with van der Waals surface area (Å²) in [5, 5.41) is 8.24. The highest BCUT2D eigenvalue weighted by atomic mass is 16.4. The Balaban J connectivity index is 4.19. The molecule has 1 atom stereocenters. The molecule has 0 unspecified atom stereocenters. The number of carboxylic acids is 1. The van der Waals surface area contributed by atoms with Crippen LogP contribution in [-0.2, 0) is 4.79 Å². The molecule has 0 heterocycles. The van der Waals surface area contributed by atoms with Crippen molar-refractivity contribution in [3.63, 3.8) is 0 Å². The van der Waals surface area contributed by atoms with E-state index >= 15 is 0 Å². The number of carbonyl (C=O) groups is 1. The summed E-state index contributed by atoms with van der Waals surface area (Å²) in [5.74, 6) is -1.87. The number of aliphatic carboxylic acids is 1. The van der Waals surface area contributed by atoms with Gasteiger partial charge in [0.25, 0.3) is 0 Å². The monoisotopic (exact) mass is 130 g/mol. The van der Waals surface area contributed by atoms with E-state index in [9.17, 15) is 4.79 Å². The standard InChI is InChI=1S/C5H10N2O2/c1-3(2)5(6,7)4(8)9/h3H,6H2,1-2H3,(H,8,9)/t5-/m0/s1. The summed E-state index contributed by atoms with van der Waals surface area (Å²) >= 11 is 0. The molecule has 0 fully saturated rings. The van der Waals surface area contributed by atoms with Gasteiger partial charge in [-0.15, -0.1) is 5.73 Å². The van der Waals surface area contributed by atoms with Crippen LogP contribution in [0.5, 0.6) is 0 Å². The Labute approximate surface area is 53.8 Å². The van der Waals surface area contributed by atoms with E-state index in [0.717, 1.165) is 0 Å². The van der Waals surface area contributed by atoms with Gasteiger partial charge in [0.15, 0.2) is 0 Å². The van der Waals surface area contributed by atoms with Gasteiger partial charge in [0.2, 0.25) is 5.66 Å². The molecule has 4 heteroatoms. The maximum Gasteiger partial charge on any atom is 0.342 e. The zero-order valence-electron chi connectivity index (χ0n) is 5.46. The van der Waals surface area contributed by atoms with E-state index in [1.165, 1.54) is 13.8 Å². The van der Waals surface area contributed by atoms with Gasteiger partial charge in [-0.2, -0.15) is 0 Å². The molecule has 0 aliphatic rings. The Morgan fingerprint density at radius 1 is 1.78 bits per heavy atom. The van der Waals surface area contributed by atoms with E-state index in [1.807, 2.05) is 0 Å². The van der Waals surface area contributed by atoms with Crippen LogP contribution in [-0.4, -0.2) is 16.7 Å². The van der Waals surface area contributed by atoms with E-state index in [2.05, 4.69) is 0 Å². The van der Waals surface area contributed by atoms with Crippen molar-refractivity contribution in [2.24, 2.45) is 11.7 Å². The topological polar surface area (TPSA) is 85.6 Å². The summed E-state index contributed by atoms with van der Waals surface area (Å²) in [6.45, 7) is 3.07. The van der Waals surface area contributed by atoms with Crippen LogP contribution >= 0.6 is 0 Å². The number of hydrogen-bond donors (Lipinski definition) is 2. The molecular formula is C5H10N2O2. The van der Waals surface area contributed by atoms with Crippen molar-refractivity contribution >= 4 is 5.97 Å². The quantitative estimate of drug-likeness (QED) is 0.526. The third-order valence-electron chi connectivity index (χ3n) is 1.22. The lowest BCUT2D eigenvalue weighted by Gasteiger charge is -2.19. The number of nitrogens with two attached hydrogens (primary N) is 1. The highest BCUT2D eigenvalue weighted by Crippen LogP contribution is 2.07. The number of carboxylic acid groups (broad SMARTS) is 1. The third-order valence-corrected chi connectivity index (χ3v) is 1.22. The molecule has 0 aromatic carbocycles. The number of rotatable bonds is 2. The molecule has 0 aromatic heterocycles. The van der Waals surface area contributed by atoms with Gasteiger partial charge in [-0.05, 0) is 5.92 Å². The molecule has 2 radical (unpaired) electrons. The van der Waals surface area contributed by atoms with Crippen LogP contribution in [0.3, 0.4) is 0 Å². The van der Waals surface area contributed by atoms with Crippen LogP contribution in [0.15, 0.2) is 0 Å². The fraction of sp³-hybridized carbons (Fsp3) is 0.800. The molecular weight excluding hydrogens is 120 g/mol. The molecule has 0 bridgehead atoms. The van der Waals surface area contributed by atoms with Crippen LogP contribution in [0, 0.1) is 5.92 Å². The lowest BCUT2D eigenvalue weighted by Crippen LogP contribution is -2.53. The Bertz CT molecular complexity index is 120. The van der Waals surface area contributed by atoms with E-state index < -0.39 is 17.6 Å². The lowest BCUT2D eigenvalue weighted by molar-refractivity contribution is -0.145. The van der Waals surface area contributed by atoms with Gasteiger partial charge in [0.1, 0.15) is 0 Å². The van der Waals surface area contributed by atoms with Crippen molar-refractivity contribution < 1.29 is 9.90 Å². The van der Waals surface area contributed by atoms with Gasteiger partial charge in [-0.25, -0.2) is 4.79 Å². The first-order valence-corrected chi connectivity index (χ1v) is 2.63. The zero-order chi connectivity index (χ0) is 7.65. The Kier molecular flexibility index (Phi) is 2.17. The highest BCUT2D eigenvalue weighted by Gasteiger charge is 2.34. The second-order valence-electron chi connectivity index (χ2n) is 2.29. The predicted octanol–water partition coefficient (Wildman–Crippen LogP) is -0.549. The average molecular weight is 130 g/mol. The molecule has 0 amide bonds. The van der Waals surface area contributed by atoms with Crippen molar-refractivity contribution in [3.05, 3.63) is 0 Å². The summed E-state index contributed by atoms with van der Waals surface area (Å²) < 4.78 is 0. The average Bonchev–Trinajstić information content (AvgIpc) is 1.65. The van der Waals surface area contributed by atoms with Gasteiger partial charge >= 0.3 is 5.97 Å². The lowest BCUT2D eigenvalue weighted by atomic mass is 9.99. The van der Waals surface area contributed by atoms with Gasteiger partial charge in [-0.3, -0.25) is 0 Å². The maximum atomic E-state index is 10.1. The molecule has 4 nitrogen and oxygen atoms in total. The molecule has 52 valence electrons. The Morgan fingerprint density at radius 3 is 2.11 bits per heavy atom. The number of hydrogen-bond acceptors (Lipinski definition) is 2. The largest absolute Gasteiger partial charge is 0.479 e. The summed E-state index contributed by atoms with van der Waals surface area (Å²) in [4.78, 5) is 10.1. The van der Waals surface area contributed by atoms with E-state index in [-0.39, 0.29) is 0 Å². The fourth-order valence-electron chi connectivity index (χ4n) is 0.247. The minimum absolute atomic E-state index is 0.477. The van der Waals surface area contributed by atoms with Crippen LogP contribution < -0.4 is 11.5 Å².